The summed E-state index contributed by atoms with van der Waals surface area (Å²) in [4.78, 5) is 26.1. The van der Waals surface area contributed by atoms with Crippen LogP contribution in [0.5, 0.6) is 0 Å². The predicted octanol–water partition coefficient (Wildman–Crippen LogP) is 3.99. The average Bonchev–Trinajstić information content (AvgIpc) is 2.85. The summed E-state index contributed by atoms with van der Waals surface area (Å²) >= 11 is 0. The molecule has 0 amide bonds. The molecule has 1 heterocycles. The molecule has 0 spiro atoms. The maximum atomic E-state index is 13.2. The van der Waals surface area contributed by atoms with Gasteiger partial charge in [0.1, 0.15) is 0 Å². The quantitative estimate of drug-likeness (QED) is 0.752. The average molecular weight is 357 g/mol. The molecule has 2 aliphatic carbocycles. The van der Waals surface area contributed by atoms with Crippen LogP contribution in [0.3, 0.4) is 0 Å². The molecule has 3 rings (SSSR count). The zero-order chi connectivity index (χ0) is 18.4. The minimum Gasteiger partial charge on any atom is -0.312 e. The van der Waals surface area contributed by atoms with Crippen molar-refractivity contribution < 1.29 is 0 Å². The van der Waals surface area contributed by atoms with Gasteiger partial charge in [-0.25, -0.2) is 4.79 Å². The normalized spacial score (nSPS) is 20.7. The lowest BCUT2D eigenvalue weighted by Crippen LogP contribution is -2.46. The minimum absolute atomic E-state index is 0.0372. The molecule has 4 nitrogen and oxygen atoms in total. The van der Waals surface area contributed by atoms with E-state index < -0.39 is 0 Å². The van der Waals surface area contributed by atoms with Crippen LogP contribution in [-0.2, 0) is 19.9 Å². The molecule has 1 aromatic rings. The molecule has 1 radical (unpaired) electrons. The number of fused-ring (bicyclic) bond motifs is 1. The maximum Gasteiger partial charge on any atom is 0.318 e. The summed E-state index contributed by atoms with van der Waals surface area (Å²) in [5, 5.41) is 0. The highest BCUT2D eigenvalue weighted by Crippen LogP contribution is 2.25. The Morgan fingerprint density at radius 2 is 1.31 bits per heavy atom. The van der Waals surface area contributed by atoms with Crippen molar-refractivity contribution in [3.05, 3.63) is 32.1 Å². The van der Waals surface area contributed by atoms with Gasteiger partial charge in [-0.05, 0) is 31.5 Å². The first-order valence-corrected chi connectivity index (χ1v) is 10.9. The van der Waals surface area contributed by atoms with E-state index in [1.165, 1.54) is 62.3 Å². The molecule has 1 saturated carbocycles. The highest BCUT2D eigenvalue weighted by molar-refractivity contribution is 6.35. The fourth-order valence-corrected chi connectivity index (χ4v) is 4.69. The lowest BCUT2D eigenvalue weighted by molar-refractivity contribution is 0.603. The number of nitrogens with zero attached hydrogens (tertiary/aromatic N) is 2. The van der Waals surface area contributed by atoms with E-state index in [0.717, 1.165) is 49.8 Å². The summed E-state index contributed by atoms with van der Waals surface area (Å²) < 4.78 is 3.22. The summed E-state index contributed by atoms with van der Waals surface area (Å²) in [6.07, 6.45) is 17.3. The molecule has 5 heteroatoms. The molecule has 26 heavy (non-hydrogen) atoms. The molecular formula is C21H34BN2O2. The van der Waals surface area contributed by atoms with Gasteiger partial charge in [0, 0.05) is 18.3 Å². The van der Waals surface area contributed by atoms with Crippen LogP contribution in [0.15, 0.2) is 9.59 Å². The summed E-state index contributed by atoms with van der Waals surface area (Å²) in [6.45, 7) is 0. The van der Waals surface area contributed by atoms with Crippen LogP contribution < -0.4 is 11.2 Å². The van der Waals surface area contributed by atoms with Gasteiger partial charge in [-0.3, -0.25) is 4.79 Å². The second kappa shape index (κ2) is 9.61. The molecule has 143 valence electrons. The van der Waals surface area contributed by atoms with E-state index in [9.17, 15) is 9.59 Å². The number of hydrogen-bond acceptors (Lipinski definition) is 2. The topological polar surface area (TPSA) is 44.0 Å². The van der Waals surface area contributed by atoms with E-state index in [1.807, 2.05) is 14.5 Å². The van der Waals surface area contributed by atoms with E-state index in [0.29, 0.717) is 5.82 Å². The van der Waals surface area contributed by atoms with Crippen molar-refractivity contribution in [2.24, 2.45) is 7.05 Å². The van der Waals surface area contributed by atoms with Gasteiger partial charge >= 0.3 is 5.69 Å². The summed E-state index contributed by atoms with van der Waals surface area (Å²) in [5.74, 6) is 0.355. The Bertz CT molecular complexity index is 697. The summed E-state index contributed by atoms with van der Waals surface area (Å²) in [5.41, 5.74) is 1.70. The predicted molar refractivity (Wildman–Crippen MR) is 108 cm³/mol. The van der Waals surface area contributed by atoms with Gasteiger partial charge in [0.15, 0.2) is 0 Å². The zero-order valence-electron chi connectivity index (χ0n) is 16.5. The fourth-order valence-electron chi connectivity index (χ4n) is 4.69. The van der Waals surface area contributed by atoms with E-state index >= 15 is 0 Å². The summed E-state index contributed by atoms with van der Waals surface area (Å²) in [6, 6.07) is 0. The van der Waals surface area contributed by atoms with Gasteiger partial charge < -0.3 is 9.05 Å². The number of aromatic nitrogens is 2. The first kappa shape index (κ1) is 19.5. The fraction of sp³-hybridized carbons (Fsp3) is 0.810. The molecule has 0 aliphatic heterocycles. The molecule has 1 fully saturated rings. The van der Waals surface area contributed by atoms with Gasteiger partial charge in [0.2, 0.25) is 5.56 Å². The molecule has 0 saturated heterocycles. The van der Waals surface area contributed by atoms with Crippen LogP contribution in [0.2, 0.25) is 5.82 Å². The largest absolute Gasteiger partial charge is 0.318 e. The maximum absolute atomic E-state index is 13.2. The van der Waals surface area contributed by atoms with Gasteiger partial charge in [0.25, 0.3) is 7.41 Å². The van der Waals surface area contributed by atoms with Crippen LogP contribution in [0.25, 0.3) is 0 Å². The summed E-state index contributed by atoms with van der Waals surface area (Å²) in [7, 11) is 3.83. The van der Waals surface area contributed by atoms with Crippen LogP contribution in [0.4, 0.5) is 0 Å². The Balaban J connectivity index is 1.90. The van der Waals surface area contributed by atoms with Gasteiger partial charge in [-0.2, -0.15) is 0 Å². The molecule has 0 N–H and O–H groups in total. The Kier molecular flexibility index (Phi) is 7.21. The zero-order valence-corrected chi connectivity index (χ0v) is 16.5. The van der Waals surface area contributed by atoms with Crippen molar-refractivity contribution in [1.82, 2.24) is 9.05 Å². The van der Waals surface area contributed by atoms with Gasteiger partial charge in [0.05, 0.1) is 0 Å². The van der Waals surface area contributed by atoms with Crippen molar-refractivity contribution in [2.75, 3.05) is 0 Å². The van der Waals surface area contributed by atoms with Crippen LogP contribution in [-0.4, -0.2) is 16.5 Å². The SMILES string of the molecule is Cn1c2c(c(=O)n([B]C3CCCCCCCC3)c1=O)CCCCCCC2. The van der Waals surface area contributed by atoms with E-state index in [-0.39, 0.29) is 11.2 Å². The minimum atomic E-state index is -0.145. The Hall–Kier alpha value is -1.26. The first-order valence-electron chi connectivity index (χ1n) is 10.9. The van der Waals surface area contributed by atoms with Crippen molar-refractivity contribution >= 4 is 7.41 Å². The van der Waals surface area contributed by atoms with Crippen molar-refractivity contribution in [1.29, 1.82) is 0 Å². The van der Waals surface area contributed by atoms with E-state index in [1.54, 1.807) is 4.57 Å². The van der Waals surface area contributed by atoms with Gasteiger partial charge in [-0.15, -0.1) is 0 Å². The molecule has 1 aromatic heterocycles. The van der Waals surface area contributed by atoms with Crippen molar-refractivity contribution in [2.45, 2.75) is 102 Å². The van der Waals surface area contributed by atoms with E-state index in [2.05, 4.69) is 0 Å². The highest BCUT2D eigenvalue weighted by atomic mass is 16.2. The van der Waals surface area contributed by atoms with Crippen molar-refractivity contribution in [3.8, 4) is 0 Å². The third-order valence-electron chi connectivity index (χ3n) is 6.32. The third-order valence-corrected chi connectivity index (χ3v) is 6.32. The molecule has 0 atom stereocenters. The number of hydrogen-bond donors (Lipinski definition) is 0. The lowest BCUT2D eigenvalue weighted by Gasteiger charge is -2.19. The van der Waals surface area contributed by atoms with Crippen LogP contribution in [0, 0.1) is 0 Å². The van der Waals surface area contributed by atoms with Crippen LogP contribution in [0.1, 0.15) is 94.7 Å². The third kappa shape index (κ3) is 4.72. The molecule has 0 aromatic carbocycles. The van der Waals surface area contributed by atoms with Crippen molar-refractivity contribution in [3.63, 3.8) is 0 Å². The molecule has 0 unspecified atom stereocenters. The number of rotatable bonds is 2. The first-order chi connectivity index (χ1) is 12.7. The van der Waals surface area contributed by atoms with Gasteiger partial charge in [-0.1, -0.05) is 70.6 Å². The molecule has 2 aliphatic rings. The lowest BCUT2D eigenvalue weighted by atomic mass is 9.69. The van der Waals surface area contributed by atoms with Crippen LogP contribution >= 0.6 is 0 Å². The monoisotopic (exact) mass is 357 g/mol. The smallest absolute Gasteiger partial charge is 0.312 e. The highest BCUT2D eigenvalue weighted by Gasteiger charge is 2.21. The standard InChI is InChI=1S/C21H34BN2O2/c1-23-19-16-12-8-4-7-11-15-18(19)20(25)24(21(23)26)22-17-13-9-5-2-3-6-10-14-17/h17H,2-16H2,1H3. The molecular weight excluding hydrogens is 323 g/mol. The second-order valence-corrected chi connectivity index (χ2v) is 8.32. The Morgan fingerprint density at radius 1 is 0.769 bits per heavy atom. The molecule has 0 bridgehead atoms. The Morgan fingerprint density at radius 3 is 1.96 bits per heavy atom. The second-order valence-electron chi connectivity index (χ2n) is 8.32. The Labute approximate surface area is 158 Å². The van der Waals surface area contributed by atoms with E-state index in [4.69, 9.17) is 0 Å².